The van der Waals surface area contributed by atoms with Gasteiger partial charge in [-0.2, -0.15) is 4.31 Å². The maximum Gasteiger partial charge on any atom is 0.410 e. The number of amides is 2. The zero-order valence-electron chi connectivity index (χ0n) is 23.9. The number of methoxy groups -OCH3 is 1. The summed E-state index contributed by atoms with van der Waals surface area (Å²) in [6.45, 7) is 0.578. The normalized spacial score (nSPS) is 24.0. The maximum absolute atomic E-state index is 15.1. The molecule has 0 aromatic heterocycles. The number of halogens is 1. The van der Waals surface area contributed by atoms with Crippen molar-refractivity contribution in [2.45, 2.75) is 68.0 Å². The zero-order valence-corrected chi connectivity index (χ0v) is 24.7. The van der Waals surface area contributed by atoms with Crippen LogP contribution in [0.5, 0.6) is 5.75 Å². The van der Waals surface area contributed by atoms with Crippen LogP contribution in [0.1, 0.15) is 37.7 Å². The number of benzene rings is 2. The molecule has 0 radical (unpaired) electrons. The third-order valence-corrected chi connectivity index (χ3v) is 9.62. The molecular weight excluding hydrogens is 585 g/mol. The first kappa shape index (κ1) is 31.1. The summed E-state index contributed by atoms with van der Waals surface area (Å²) in [5.41, 5.74) is 3.18. The Bertz CT molecular complexity index is 1370. The number of rotatable bonds is 11. The molecule has 2 bridgehead atoms. The molecule has 2 amide bonds. The molecule has 3 heterocycles. The van der Waals surface area contributed by atoms with Crippen molar-refractivity contribution in [3.05, 3.63) is 59.9 Å². The average Bonchev–Trinajstić information content (AvgIpc) is 3.33. The van der Waals surface area contributed by atoms with Crippen molar-refractivity contribution in [2.24, 2.45) is 0 Å². The molecule has 43 heavy (non-hydrogen) atoms. The van der Waals surface area contributed by atoms with Crippen LogP contribution in [0.4, 0.5) is 9.18 Å². The molecule has 2 aromatic carbocycles. The number of piperazine rings is 1. The van der Waals surface area contributed by atoms with Crippen LogP contribution >= 0.6 is 0 Å². The van der Waals surface area contributed by atoms with Gasteiger partial charge in [0.1, 0.15) is 19.3 Å². The second kappa shape index (κ2) is 14.0. The number of nitrogens with zero attached hydrogens (tertiary/aromatic N) is 2. The molecule has 3 fully saturated rings. The van der Waals surface area contributed by atoms with Gasteiger partial charge in [0.05, 0.1) is 17.5 Å². The Kier molecular flexibility index (Phi) is 10.1. The number of hydrogen-bond donors (Lipinski definition) is 1. The standard InChI is InChI=1S/C29H36FN3O9S/c1-38-15-16-40-29(35)33-21-10-12-24(33)27(28(34)31-42-26-9-5-6-14-39-26)32(18-21)43(36,37)22-11-13-25(23(30)17-22)41-19-20-7-3-2-4-8-20/h2-4,7-8,11,13,17,21,24,26-27H,5-6,9-10,12,14-16,18-19H2,1H3,(H,31,34)/t21-,24+,26?,27-/m1/s1. The smallest absolute Gasteiger partial charge is 0.410 e. The lowest BCUT2D eigenvalue weighted by Crippen LogP contribution is -2.66. The Morgan fingerprint density at radius 3 is 2.60 bits per heavy atom. The molecule has 5 rings (SSSR count). The van der Waals surface area contributed by atoms with Gasteiger partial charge in [-0.05, 0) is 49.4 Å². The van der Waals surface area contributed by atoms with E-state index in [2.05, 4.69) is 5.48 Å². The first-order valence-electron chi connectivity index (χ1n) is 14.3. The van der Waals surface area contributed by atoms with Gasteiger partial charge in [-0.15, -0.1) is 0 Å². The molecule has 14 heteroatoms. The van der Waals surface area contributed by atoms with Crippen LogP contribution in [-0.2, 0) is 40.5 Å². The summed E-state index contributed by atoms with van der Waals surface area (Å²) in [6.07, 6.45) is 1.76. The third-order valence-electron chi connectivity index (χ3n) is 7.78. The molecule has 12 nitrogen and oxygen atoms in total. The molecule has 0 spiro atoms. The van der Waals surface area contributed by atoms with Crippen molar-refractivity contribution >= 4 is 22.0 Å². The number of hydrogen-bond acceptors (Lipinski definition) is 9. The first-order chi connectivity index (χ1) is 20.8. The Morgan fingerprint density at radius 1 is 1.07 bits per heavy atom. The first-order valence-corrected chi connectivity index (χ1v) is 15.7. The second-order valence-electron chi connectivity index (χ2n) is 10.6. The molecule has 3 aliphatic rings. The van der Waals surface area contributed by atoms with Crippen molar-refractivity contribution in [2.75, 3.05) is 33.5 Å². The number of carbonyl (C=O) groups excluding carboxylic acids is 2. The van der Waals surface area contributed by atoms with Gasteiger partial charge in [0.2, 0.25) is 10.0 Å². The minimum atomic E-state index is -4.41. The third kappa shape index (κ3) is 7.10. The fraction of sp³-hybridized carbons (Fsp3) is 0.517. The fourth-order valence-corrected chi connectivity index (χ4v) is 7.32. The molecule has 1 N–H and O–H groups in total. The summed E-state index contributed by atoms with van der Waals surface area (Å²) >= 11 is 0. The van der Waals surface area contributed by atoms with E-state index in [4.69, 9.17) is 23.8 Å². The molecule has 1 unspecified atom stereocenters. The molecule has 0 aliphatic carbocycles. The highest BCUT2D eigenvalue weighted by atomic mass is 32.2. The highest BCUT2D eigenvalue weighted by molar-refractivity contribution is 7.89. The summed E-state index contributed by atoms with van der Waals surface area (Å²) in [5.74, 6) is -1.73. The molecule has 0 saturated carbocycles. The zero-order chi connectivity index (χ0) is 30.4. The van der Waals surface area contributed by atoms with Gasteiger partial charge < -0.3 is 18.9 Å². The van der Waals surface area contributed by atoms with E-state index in [0.29, 0.717) is 25.9 Å². The minimum Gasteiger partial charge on any atom is -0.486 e. The Morgan fingerprint density at radius 2 is 1.88 bits per heavy atom. The number of ether oxygens (including phenoxy) is 4. The van der Waals surface area contributed by atoms with Crippen LogP contribution < -0.4 is 10.2 Å². The minimum absolute atomic E-state index is 0.00421. The number of fused-ring (bicyclic) bond motifs is 2. The SMILES string of the molecule is COCCOC(=O)N1[C@@H]2CC[C@H]1[C@H](C(=O)NOC1CCCCO1)N(S(=O)(=O)c1ccc(OCc3ccccc3)c(F)c1)C2. The highest BCUT2D eigenvalue weighted by Gasteiger charge is 2.55. The topological polar surface area (TPSA) is 133 Å². The number of carbonyl (C=O) groups is 2. The van der Waals surface area contributed by atoms with E-state index in [1.165, 1.54) is 24.1 Å². The molecule has 3 saturated heterocycles. The van der Waals surface area contributed by atoms with Gasteiger partial charge in [0.25, 0.3) is 5.91 Å². The molecule has 234 valence electrons. The summed E-state index contributed by atoms with van der Waals surface area (Å²) in [6, 6.07) is 9.80. The van der Waals surface area contributed by atoms with Crippen LogP contribution in [0.2, 0.25) is 0 Å². The number of sulfonamides is 1. The fourth-order valence-electron chi connectivity index (χ4n) is 5.66. The van der Waals surface area contributed by atoms with Crippen molar-refractivity contribution in [1.82, 2.24) is 14.7 Å². The van der Waals surface area contributed by atoms with Crippen molar-refractivity contribution in [1.29, 1.82) is 0 Å². The van der Waals surface area contributed by atoms with Crippen LogP contribution in [0.25, 0.3) is 0 Å². The van der Waals surface area contributed by atoms with E-state index >= 15 is 4.39 Å². The Balaban J connectivity index is 1.37. The van der Waals surface area contributed by atoms with Gasteiger partial charge in [0, 0.05) is 32.7 Å². The summed E-state index contributed by atoms with van der Waals surface area (Å²) in [5, 5.41) is 0. The lowest BCUT2D eigenvalue weighted by Gasteiger charge is -2.44. The van der Waals surface area contributed by atoms with Crippen molar-refractivity contribution < 1.29 is 46.2 Å². The van der Waals surface area contributed by atoms with E-state index < -0.39 is 52.3 Å². The van der Waals surface area contributed by atoms with Gasteiger partial charge in [0.15, 0.2) is 17.9 Å². The maximum atomic E-state index is 15.1. The number of nitrogens with one attached hydrogen (secondary N) is 1. The summed E-state index contributed by atoms with van der Waals surface area (Å²) in [4.78, 5) is 33.2. The molecule has 2 aromatic rings. The van der Waals surface area contributed by atoms with E-state index in [0.717, 1.165) is 28.8 Å². The van der Waals surface area contributed by atoms with Gasteiger partial charge in [-0.25, -0.2) is 27.9 Å². The predicted octanol–water partition coefficient (Wildman–Crippen LogP) is 2.97. The predicted molar refractivity (Wildman–Crippen MR) is 150 cm³/mol. The van der Waals surface area contributed by atoms with Crippen LogP contribution in [0.3, 0.4) is 0 Å². The van der Waals surface area contributed by atoms with E-state index in [1.807, 2.05) is 30.3 Å². The van der Waals surface area contributed by atoms with Crippen molar-refractivity contribution in [3.8, 4) is 5.75 Å². The van der Waals surface area contributed by atoms with Gasteiger partial charge >= 0.3 is 6.09 Å². The summed E-state index contributed by atoms with van der Waals surface area (Å²) in [7, 11) is -2.94. The van der Waals surface area contributed by atoms with E-state index in [-0.39, 0.29) is 37.0 Å². The van der Waals surface area contributed by atoms with E-state index in [9.17, 15) is 18.0 Å². The second-order valence-corrected chi connectivity index (χ2v) is 12.5. The highest BCUT2D eigenvalue weighted by Crippen LogP contribution is 2.38. The van der Waals surface area contributed by atoms with Crippen molar-refractivity contribution in [3.63, 3.8) is 0 Å². The lowest BCUT2D eigenvalue weighted by atomic mass is 10.1. The quantitative estimate of drug-likeness (QED) is 0.297. The average molecular weight is 622 g/mol. The molecule has 3 aliphatic heterocycles. The lowest BCUT2D eigenvalue weighted by molar-refractivity contribution is -0.203. The molecular formula is C29H36FN3O9S. The van der Waals surface area contributed by atoms with Crippen LogP contribution in [0.15, 0.2) is 53.4 Å². The van der Waals surface area contributed by atoms with Gasteiger partial charge in [-0.3, -0.25) is 9.69 Å². The van der Waals surface area contributed by atoms with Crippen LogP contribution in [0, 0.1) is 5.82 Å². The Labute approximate surface area is 250 Å². The monoisotopic (exact) mass is 621 g/mol. The van der Waals surface area contributed by atoms with E-state index in [1.54, 1.807) is 0 Å². The number of hydroxylamine groups is 1. The van der Waals surface area contributed by atoms with Crippen LogP contribution in [-0.4, -0.2) is 87.5 Å². The van der Waals surface area contributed by atoms with Gasteiger partial charge in [-0.1, -0.05) is 30.3 Å². The Hall–Kier alpha value is -3.30. The summed E-state index contributed by atoms with van der Waals surface area (Å²) < 4.78 is 65.4. The largest absolute Gasteiger partial charge is 0.486 e. The molecule has 4 atom stereocenters.